The van der Waals surface area contributed by atoms with Crippen LogP contribution in [0.3, 0.4) is 0 Å². The number of nitrogens with one attached hydrogen (secondary N) is 1. The van der Waals surface area contributed by atoms with Crippen LogP contribution < -0.4 is 5.32 Å². The molecule has 0 aliphatic heterocycles. The molecule has 0 atom stereocenters. The Kier molecular flexibility index (Phi) is 2.50. The summed E-state index contributed by atoms with van der Waals surface area (Å²) in [7, 11) is 0. The van der Waals surface area contributed by atoms with Gasteiger partial charge in [0.2, 0.25) is 0 Å². The predicted octanol–water partition coefficient (Wildman–Crippen LogP) is 2.83. The van der Waals surface area contributed by atoms with Gasteiger partial charge in [-0.05, 0) is 25.7 Å². The van der Waals surface area contributed by atoms with Gasteiger partial charge in [-0.15, -0.1) is 0 Å². The topological polar surface area (TPSA) is 63.8 Å². The molecular weight excluding hydrogens is 240 g/mol. The molecule has 2 saturated carbocycles. The summed E-state index contributed by atoms with van der Waals surface area (Å²) >= 11 is 0. The smallest absolute Gasteiger partial charge is 0.180 e. The second kappa shape index (κ2) is 4.33. The minimum Gasteiger partial charge on any atom is -0.451 e. The van der Waals surface area contributed by atoms with Crippen molar-refractivity contribution in [1.29, 1.82) is 0 Å². The molecule has 98 valence electrons. The Morgan fingerprint density at radius 1 is 1.16 bits per heavy atom. The van der Waals surface area contributed by atoms with E-state index in [2.05, 4.69) is 21.4 Å². The minimum absolute atomic E-state index is 0.589. The number of oxazole rings is 1. The summed E-state index contributed by atoms with van der Waals surface area (Å²) in [5.74, 6) is 3.19. The van der Waals surface area contributed by atoms with Crippen molar-refractivity contribution in [2.45, 2.75) is 44.1 Å². The second-order valence-corrected chi connectivity index (χ2v) is 5.42. The highest BCUT2D eigenvalue weighted by Gasteiger charge is 2.31. The van der Waals surface area contributed by atoms with Gasteiger partial charge in [0.15, 0.2) is 6.39 Å². The predicted molar refractivity (Wildman–Crippen MR) is 69.8 cm³/mol. The third kappa shape index (κ3) is 2.45. The molecule has 2 aliphatic rings. The lowest BCUT2D eigenvalue weighted by molar-refractivity contribution is 0.556. The van der Waals surface area contributed by atoms with E-state index in [1.807, 2.05) is 0 Å². The van der Waals surface area contributed by atoms with Gasteiger partial charge in [0, 0.05) is 23.6 Å². The van der Waals surface area contributed by atoms with Crippen LogP contribution in [0.15, 0.2) is 23.1 Å². The normalized spacial score (nSPS) is 18.5. The molecule has 5 heteroatoms. The molecule has 1 N–H and O–H groups in total. The van der Waals surface area contributed by atoms with Crippen LogP contribution in [0.4, 0.5) is 5.82 Å². The maximum atomic E-state index is 4.96. The third-order valence-electron chi connectivity index (χ3n) is 3.64. The fourth-order valence-corrected chi connectivity index (χ4v) is 2.19. The molecule has 19 heavy (non-hydrogen) atoms. The van der Waals surface area contributed by atoms with Gasteiger partial charge in [-0.2, -0.15) is 0 Å². The maximum Gasteiger partial charge on any atom is 0.180 e. The Bertz CT molecular complexity index is 543. The van der Waals surface area contributed by atoms with Crippen LogP contribution >= 0.6 is 0 Å². The average Bonchev–Trinajstić information content (AvgIpc) is 3.34. The Morgan fingerprint density at radius 3 is 2.68 bits per heavy atom. The molecule has 2 aromatic heterocycles. The van der Waals surface area contributed by atoms with Crippen LogP contribution in [0, 0.1) is 0 Å². The molecule has 2 heterocycles. The van der Waals surface area contributed by atoms with E-state index in [9.17, 15) is 0 Å². The average molecular weight is 256 g/mol. The van der Waals surface area contributed by atoms with Crippen molar-refractivity contribution >= 4 is 5.82 Å². The molecule has 0 bridgehead atoms. The van der Waals surface area contributed by atoms with Crippen molar-refractivity contribution < 1.29 is 4.42 Å². The van der Waals surface area contributed by atoms with Gasteiger partial charge in [0.25, 0.3) is 0 Å². The zero-order valence-electron chi connectivity index (χ0n) is 10.7. The van der Waals surface area contributed by atoms with E-state index in [1.165, 1.54) is 37.8 Å². The number of rotatable bonds is 5. The van der Waals surface area contributed by atoms with Crippen LogP contribution in [-0.4, -0.2) is 15.0 Å². The Morgan fingerprint density at radius 2 is 2.00 bits per heavy atom. The number of hydrogen-bond acceptors (Lipinski definition) is 5. The van der Waals surface area contributed by atoms with Crippen LogP contribution in [0.1, 0.15) is 54.7 Å². The lowest BCUT2D eigenvalue weighted by Crippen LogP contribution is -2.06. The number of nitrogens with zero attached hydrogens (tertiary/aromatic N) is 3. The highest BCUT2D eigenvalue weighted by atomic mass is 16.3. The molecular formula is C14H16N4O. The van der Waals surface area contributed by atoms with Crippen molar-refractivity contribution in [3.63, 3.8) is 0 Å². The summed E-state index contributed by atoms with van der Waals surface area (Å²) in [4.78, 5) is 13.4. The van der Waals surface area contributed by atoms with Gasteiger partial charge < -0.3 is 9.73 Å². The van der Waals surface area contributed by atoms with E-state index in [0.29, 0.717) is 18.4 Å². The van der Waals surface area contributed by atoms with Crippen molar-refractivity contribution in [3.8, 4) is 0 Å². The van der Waals surface area contributed by atoms with Crippen LogP contribution in [0.25, 0.3) is 0 Å². The van der Waals surface area contributed by atoms with Crippen molar-refractivity contribution in [1.82, 2.24) is 15.0 Å². The fourth-order valence-electron chi connectivity index (χ4n) is 2.19. The molecule has 0 spiro atoms. The van der Waals surface area contributed by atoms with Crippen molar-refractivity contribution in [2.75, 3.05) is 5.32 Å². The van der Waals surface area contributed by atoms with Crippen LogP contribution in [-0.2, 0) is 6.54 Å². The molecule has 4 rings (SSSR count). The van der Waals surface area contributed by atoms with Gasteiger partial charge in [-0.1, -0.05) is 0 Å². The molecule has 5 nitrogen and oxygen atoms in total. The molecule has 0 unspecified atom stereocenters. The second-order valence-electron chi connectivity index (χ2n) is 5.42. The summed E-state index contributed by atoms with van der Waals surface area (Å²) in [6, 6.07) is 2.09. The quantitative estimate of drug-likeness (QED) is 0.891. The van der Waals surface area contributed by atoms with Gasteiger partial charge in [-0.3, -0.25) is 0 Å². The summed E-state index contributed by atoms with van der Waals surface area (Å²) in [5, 5.41) is 3.32. The molecule has 0 amide bonds. The summed E-state index contributed by atoms with van der Waals surface area (Å²) < 4.78 is 4.96. The molecule has 2 aliphatic carbocycles. The lowest BCUT2D eigenvalue weighted by Gasteiger charge is -2.08. The van der Waals surface area contributed by atoms with Gasteiger partial charge in [0.1, 0.15) is 17.9 Å². The first-order valence-electron chi connectivity index (χ1n) is 6.88. The van der Waals surface area contributed by atoms with Gasteiger partial charge >= 0.3 is 0 Å². The SMILES string of the molecule is c1nc(CNc2cc(C3CC3)nc(C3CC3)n2)co1. The van der Waals surface area contributed by atoms with Crippen LogP contribution in [0.5, 0.6) is 0 Å². The van der Waals surface area contributed by atoms with Crippen molar-refractivity contribution in [2.24, 2.45) is 0 Å². The maximum absolute atomic E-state index is 4.96. The van der Waals surface area contributed by atoms with Gasteiger partial charge in [0.05, 0.1) is 12.2 Å². The molecule has 0 aromatic carbocycles. The van der Waals surface area contributed by atoms with Crippen molar-refractivity contribution in [3.05, 3.63) is 35.9 Å². The molecule has 2 aromatic rings. The third-order valence-corrected chi connectivity index (χ3v) is 3.64. The fraction of sp³-hybridized carbons (Fsp3) is 0.500. The zero-order chi connectivity index (χ0) is 12.7. The Balaban J connectivity index is 1.55. The van der Waals surface area contributed by atoms with E-state index >= 15 is 0 Å². The van der Waals surface area contributed by atoms with Crippen LogP contribution in [0.2, 0.25) is 0 Å². The Hall–Kier alpha value is -1.91. The first kappa shape index (κ1) is 11.0. The zero-order valence-corrected chi connectivity index (χ0v) is 10.7. The summed E-state index contributed by atoms with van der Waals surface area (Å²) in [6.45, 7) is 0.641. The van der Waals surface area contributed by atoms with E-state index in [0.717, 1.165) is 17.3 Å². The van der Waals surface area contributed by atoms with Gasteiger partial charge in [-0.25, -0.2) is 15.0 Å². The molecule has 0 saturated heterocycles. The van der Waals surface area contributed by atoms with E-state index in [4.69, 9.17) is 9.40 Å². The standard InChI is InChI=1S/C14H16N4O/c1-2-9(1)12-5-13(15-6-11-7-19-8-16-11)18-14(17-12)10-3-4-10/h5,7-10H,1-4,6H2,(H,15,17,18). The van der Waals surface area contributed by atoms with E-state index < -0.39 is 0 Å². The monoisotopic (exact) mass is 256 g/mol. The van der Waals surface area contributed by atoms with E-state index in [1.54, 1.807) is 6.26 Å². The number of aromatic nitrogens is 3. The first-order chi connectivity index (χ1) is 9.38. The largest absolute Gasteiger partial charge is 0.451 e. The summed E-state index contributed by atoms with van der Waals surface area (Å²) in [6.07, 6.45) is 8.10. The minimum atomic E-state index is 0.589. The molecule has 0 radical (unpaired) electrons. The number of anilines is 1. The molecule has 2 fully saturated rings. The lowest BCUT2D eigenvalue weighted by atomic mass is 10.2. The Labute approximate surface area is 111 Å². The first-order valence-corrected chi connectivity index (χ1v) is 6.88. The highest BCUT2D eigenvalue weighted by Crippen LogP contribution is 2.43. The van der Waals surface area contributed by atoms with E-state index in [-0.39, 0.29) is 0 Å². The highest BCUT2D eigenvalue weighted by molar-refractivity contribution is 5.39. The summed E-state index contributed by atoms with van der Waals surface area (Å²) in [5.41, 5.74) is 2.10. The number of hydrogen-bond donors (Lipinski definition) is 1.